The van der Waals surface area contributed by atoms with Crippen LogP contribution in [0.3, 0.4) is 0 Å². The number of aromatic nitrogens is 5. The highest BCUT2D eigenvalue weighted by Gasteiger charge is 2.64. The molecule has 9 nitrogen and oxygen atoms in total. The molecule has 0 unspecified atom stereocenters. The standard InChI is InChI=1S/C26H26FN7O2/c1-4-36-20-9-19-23(30-24(20)31-25(35)26-10-16(26)11-33(2)13-26)22(29-14-28-19)18-12-34(3)32-21(18)15-5-7-17(27)8-6-15/h5-9,12,14,16H,4,10-11,13H2,1-3H3,(H,30,31,35)/t16-,26-/m0/s1. The summed E-state index contributed by atoms with van der Waals surface area (Å²) in [5.74, 6) is 0.850. The van der Waals surface area contributed by atoms with E-state index in [0.717, 1.165) is 30.6 Å². The Hall–Kier alpha value is -3.92. The second-order valence-electron chi connectivity index (χ2n) is 9.64. The van der Waals surface area contributed by atoms with Crippen molar-refractivity contribution in [3.63, 3.8) is 0 Å². The Morgan fingerprint density at radius 1 is 1.22 bits per heavy atom. The molecule has 2 aliphatic rings. The zero-order valence-corrected chi connectivity index (χ0v) is 20.3. The third-order valence-electron chi connectivity index (χ3n) is 7.08. The minimum Gasteiger partial charge on any atom is -0.490 e. The fourth-order valence-corrected chi connectivity index (χ4v) is 5.32. The number of nitrogens with one attached hydrogen (secondary N) is 1. The predicted octanol–water partition coefficient (Wildman–Crippen LogP) is 3.52. The van der Waals surface area contributed by atoms with Crippen LogP contribution in [0.1, 0.15) is 13.3 Å². The third kappa shape index (κ3) is 3.69. The molecule has 1 saturated carbocycles. The highest BCUT2D eigenvalue weighted by atomic mass is 19.1. The van der Waals surface area contributed by atoms with E-state index in [9.17, 15) is 9.18 Å². The average molecular weight is 488 g/mol. The van der Waals surface area contributed by atoms with Crippen LogP contribution in [-0.4, -0.2) is 62.3 Å². The van der Waals surface area contributed by atoms with Gasteiger partial charge in [-0.15, -0.1) is 0 Å². The number of carbonyl (C=O) groups is 1. The molecule has 10 heteroatoms. The lowest BCUT2D eigenvalue weighted by Gasteiger charge is -2.17. The van der Waals surface area contributed by atoms with E-state index in [1.165, 1.54) is 18.5 Å². The maximum Gasteiger partial charge on any atom is 0.233 e. The summed E-state index contributed by atoms with van der Waals surface area (Å²) in [6, 6.07) is 7.94. The number of pyridine rings is 1. The van der Waals surface area contributed by atoms with E-state index in [-0.39, 0.29) is 17.1 Å². The summed E-state index contributed by atoms with van der Waals surface area (Å²) in [6.45, 7) is 3.98. The number of amides is 1. The quantitative estimate of drug-likeness (QED) is 0.444. The molecule has 1 saturated heterocycles. The van der Waals surface area contributed by atoms with Gasteiger partial charge in [0.2, 0.25) is 5.91 Å². The maximum absolute atomic E-state index is 13.5. The van der Waals surface area contributed by atoms with Crippen LogP contribution < -0.4 is 10.1 Å². The molecule has 1 aromatic carbocycles. The molecule has 2 fully saturated rings. The molecule has 1 N–H and O–H groups in total. The topological polar surface area (TPSA) is 98.1 Å². The van der Waals surface area contributed by atoms with Gasteiger partial charge in [0.05, 0.1) is 17.5 Å². The largest absolute Gasteiger partial charge is 0.490 e. The van der Waals surface area contributed by atoms with Gasteiger partial charge in [-0.25, -0.2) is 19.3 Å². The van der Waals surface area contributed by atoms with Crippen LogP contribution in [0.25, 0.3) is 33.5 Å². The van der Waals surface area contributed by atoms with E-state index in [1.807, 2.05) is 27.2 Å². The minimum absolute atomic E-state index is 0.0311. The van der Waals surface area contributed by atoms with Crippen LogP contribution in [0.15, 0.2) is 42.9 Å². The molecule has 4 aromatic rings. The molecule has 1 amide bonds. The Kier molecular flexibility index (Phi) is 5.22. The van der Waals surface area contributed by atoms with Crippen molar-refractivity contribution >= 4 is 22.8 Å². The lowest BCUT2D eigenvalue weighted by molar-refractivity contribution is -0.121. The zero-order chi connectivity index (χ0) is 25.0. The number of carbonyl (C=O) groups excluding carboxylic acids is 1. The molecule has 1 aliphatic carbocycles. The van der Waals surface area contributed by atoms with Crippen molar-refractivity contribution in [2.24, 2.45) is 18.4 Å². The van der Waals surface area contributed by atoms with E-state index < -0.39 is 0 Å². The Morgan fingerprint density at radius 2 is 2.03 bits per heavy atom. The molecule has 4 heterocycles. The summed E-state index contributed by atoms with van der Waals surface area (Å²) in [6.07, 6.45) is 4.21. The number of benzene rings is 1. The number of aryl methyl sites for hydroxylation is 1. The number of anilines is 1. The predicted molar refractivity (Wildman–Crippen MR) is 133 cm³/mol. The second-order valence-corrected chi connectivity index (χ2v) is 9.64. The normalized spacial score (nSPS) is 20.9. The van der Waals surface area contributed by atoms with Crippen molar-refractivity contribution in [1.82, 2.24) is 29.6 Å². The summed E-state index contributed by atoms with van der Waals surface area (Å²) >= 11 is 0. The van der Waals surface area contributed by atoms with Gasteiger partial charge in [0.1, 0.15) is 29.0 Å². The van der Waals surface area contributed by atoms with Gasteiger partial charge in [-0.3, -0.25) is 9.48 Å². The minimum atomic E-state index is -0.357. The lowest BCUT2D eigenvalue weighted by atomic mass is 10.0. The molecule has 3 aromatic heterocycles. The first-order valence-electron chi connectivity index (χ1n) is 12.0. The smallest absolute Gasteiger partial charge is 0.233 e. The van der Waals surface area contributed by atoms with Gasteiger partial charge in [-0.1, -0.05) is 0 Å². The first kappa shape index (κ1) is 22.5. The number of halogens is 1. The van der Waals surface area contributed by atoms with Gasteiger partial charge in [0.25, 0.3) is 0 Å². The number of likely N-dealkylation sites (tertiary alicyclic amines) is 1. The summed E-state index contributed by atoms with van der Waals surface area (Å²) in [7, 11) is 3.85. The molecular weight excluding hydrogens is 461 g/mol. The third-order valence-corrected chi connectivity index (χ3v) is 7.08. The Morgan fingerprint density at radius 3 is 2.75 bits per heavy atom. The molecule has 1 aliphatic heterocycles. The van der Waals surface area contributed by atoms with Gasteiger partial charge in [0, 0.05) is 43.5 Å². The first-order valence-corrected chi connectivity index (χ1v) is 12.0. The molecular formula is C26H26FN7O2. The maximum atomic E-state index is 13.5. The highest BCUT2D eigenvalue weighted by Crippen LogP contribution is 2.58. The number of hydrogen-bond acceptors (Lipinski definition) is 7. The molecule has 6 rings (SSSR count). The molecule has 36 heavy (non-hydrogen) atoms. The monoisotopic (exact) mass is 487 g/mol. The molecule has 184 valence electrons. The van der Waals surface area contributed by atoms with Crippen LogP contribution in [0.4, 0.5) is 10.2 Å². The fraction of sp³-hybridized carbons (Fsp3) is 0.346. The Bertz CT molecular complexity index is 1490. The van der Waals surface area contributed by atoms with Crippen molar-refractivity contribution in [1.29, 1.82) is 0 Å². The van der Waals surface area contributed by atoms with Crippen molar-refractivity contribution in [2.45, 2.75) is 13.3 Å². The van der Waals surface area contributed by atoms with E-state index in [0.29, 0.717) is 46.5 Å². The van der Waals surface area contributed by atoms with Crippen molar-refractivity contribution in [3.8, 4) is 28.3 Å². The number of rotatable bonds is 6. The van der Waals surface area contributed by atoms with Crippen LogP contribution >= 0.6 is 0 Å². The van der Waals surface area contributed by atoms with Gasteiger partial charge < -0.3 is 15.0 Å². The number of nitrogens with zero attached hydrogens (tertiary/aromatic N) is 6. The Balaban J connectivity index is 1.45. The van der Waals surface area contributed by atoms with E-state index in [1.54, 1.807) is 22.9 Å². The zero-order valence-electron chi connectivity index (χ0n) is 20.3. The molecule has 2 atom stereocenters. The van der Waals surface area contributed by atoms with Crippen molar-refractivity contribution < 1.29 is 13.9 Å². The number of fused-ring (bicyclic) bond motifs is 2. The highest BCUT2D eigenvalue weighted by molar-refractivity contribution is 6.01. The van der Waals surface area contributed by atoms with Gasteiger partial charge >= 0.3 is 0 Å². The molecule has 0 radical (unpaired) electrons. The summed E-state index contributed by atoms with van der Waals surface area (Å²) in [5, 5.41) is 7.64. The number of ether oxygens (including phenoxy) is 1. The second kappa shape index (κ2) is 8.34. The van der Waals surface area contributed by atoms with Gasteiger partial charge in [-0.2, -0.15) is 5.10 Å². The number of hydrogen-bond donors (Lipinski definition) is 1. The molecule has 0 spiro atoms. The lowest BCUT2D eigenvalue weighted by Crippen LogP contribution is -2.31. The van der Waals surface area contributed by atoms with E-state index in [2.05, 4.69) is 25.3 Å². The number of piperidine rings is 1. The summed E-state index contributed by atoms with van der Waals surface area (Å²) in [4.78, 5) is 29.3. The SMILES string of the molecule is CCOc1cc2ncnc(-c3cn(C)nc3-c3ccc(F)cc3)c2nc1NC(=O)[C@]12C[C@H]1CN(C)C2. The summed E-state index contributed by atoms with van der Waals surface area (Å²) < 4.78 is 21.1. The van der Waals surface area contributed by atoms with Crippen molar-refractivity contribution in [3.05, 3.63) is 48.7 Å². The Labute approximate surface area is 207 Å². The molecule has 0 bridgehead atoms. The average Bonchev–Trinajstić information content (AvgIpc) is 3.22. The van der Waals surface area contributed by atoms with E-state index in [4.69, 9.17) is 9.72 Å². The first-order chi connectivity index (χ1) is 17.4. The van der Waals surface area contributed by atoms with Gasteiger partial charge in [0.15, 0.2) is 11.6 Å². The van der Waals surface area contributed by atoms with Crippen LogP contribution in [0.2, 0.25) is 0 Å². The fourth-order valence-electron chi connectivity index (χ4n) is 5.32. The van der Waals surface area contributed by atoms with Crippen LogP contribution in [0, 0.1) is 17.2 Å². The van der Waals surface area contributed by atoms with Crippen molar-refractivity contribution in [2.75, 3.05) is 32.1 Å². The summed E-state index contributed by atoms with van der Waals surface area (Å²) in [5.41, 5.74) is 3.43. The van der Waals surface area contributed by atoms with Crippen LogP contribution in [-0.2, 0) is 11.8 Å². The van der Waals surface area contributed by atoms with E-state index >= 15 is 0 Å². The van der Waals surface area contributed by atoms with Crippen LogP contribution in [0.5, 0.6) is 5.75 Å². The van der Waals surface area contributed by atoms with Gasteiger partial charge in [-0.05, 0) is 50.6 Å².